The maximum atomic E-state index is 6.10. The van der Waals surface area contributed by atoms with E-state index in [-0.39, 0.29) is 5.54 Å². The van der Waals surface area contributed by atoms with E-state index in [1.807, 2.05) is 12.1 Å². The third-order valence-electron chi connectivity index (χ3n) is 2.36. The summed E-state index contributed by atoms with van der Waals surface area (Å²) in [5.41, 5.74) is 7.29. The molecule has 13 heavy (non-hydrogen) atoms. The number of nitrogens with two attached hydrogens (primary N) is 1. The zero-order valence-corrected chi connectivity index (χ0v) is 9.76. The number of halogens is 1. The summed E-state index contributed by atoms with van der Waals surface area (Å²) in [5, 5.41) is 0. The Hall–Kier alpha value is -0.340. The molecule has 1 unspecified atom stereocenters. The van der Waals surface area contributed by atoms with Crippen molar-refractivity contribution >= 4 is 15.9 Å². The van der Waals surface area contributed by atoms with Gasteiger partial charge in [0.25, 0.3) is 0 Å². The molecule has 72 valence electrons. The fourth-order valence-corrected chi connectivity index (χ4v) is 1.63. The molecule has 1 atom stereocenters. The first-order chi connectivity index (χ1) is 6.05. The number of rotatable bonds is 3. The second kappa shape index (κ2) is 4.25. The minimum atomic E-state index is -0.0934. The van der Waals surface area contributed by atoms with Crippen molar-refractivity contribution in [2.75, 3.05) is 0 Å². The van der Waals surface area contributed by atoms with Gasteiger partial charge in [-0.05, 0) is 31.4 Å². The second-order valence-corrected chi connectivity index (χ2v) is 4.63. The number of hydrogen-bond donors (Lipinski definition) is 1. The van der Waals surface area contributed by atoms with E-state index in [1.54, 1.807) is 0 Å². The molecule has 2 heteroatoms. The van der Waals surface area contributed by atoms with E-state index in [1.165, 1.54) is 5.56 Å². The summed E-state index contributed by atoms with van der Waals surface area (Å²) in [7, 11) is 0. The van der Waals surface area contributed by atoms with Gasteiger partial charge in [-0.3, -0.25) is 0 Å². The van der Waals surface area contributed by atoms with Crippen molar-refractivity contribution in [3.63, 3.8) is 0 Å². The van der Waals surface area contributed by atoms with Gasteiger partial charge in [0.15, 0.2) is 0 Å². The molecule has 0 amide bonds. The predicted octanol–water partition coefficient (Wildman–Crippen LogP) is 3.12. The monoisotopic (exact) mass is 241 g/mol. The van der Waals surface area contributed by atoms with Crippen LogP contribution in [-0.2, 0) is 6.42 Å². The molecule has 0 aromatic heterocycles. The summed E-state index contributed by atoms with van der Waals surface area (Å²) in [4.78, 5) is 0. The van der Waals surface area contributed by atoms with Gasteiger partial charge in [-0.25, -0.2) is 0 Å². The maximum Gasteiger partial charge on any atom is 0.0207 e. The molecule has 0 saturated heterocycles. The highest BCUT2D eigenvalue weighted by Crippen LogP contribution is 2.21. The molecule has 1 nitrogen and oxygen atoms in total. The van der Waals surface area contributed by atoms with Crippen molar-refractivity contribution in [1.82, 2.24) is 0 Å². The quantitative estimate of drug-likeness (QED) is 0.865. The van der Waals surface area contributed by atoms with Crippen molar-refractivity contribution in [3.05, 3.63) is 34.3 Å². The Labute approximate surface area is 88.5 Å². The molecule has 2 N–H and O–H groups in total. The van der Waals surface area contributed by atoms with Gasteiger partial charge in [0.2, 0.25) is 0 Å². The van der Waals surface area contributed by atoms with Crippen LogP contribution in [0.2, 0.25) is 0 Å². The summed E-state index contributed by atoms with van der Waals surface area (Å²) in [6.45, 7) is 4.21. The lowest BCUT2D eigenvalue weighted by atomic mass is 9.91. The maximum absolute atomic E-state index is 6.10. The molecule has 0 spiro atoms. The van der Waals surface area contributed by atoms with Gasteiger partial charge in [-0.1, -0.05) is 41.1 Å². The number of hydrogen-bond acceptors (Lipinski definition) is 1. The first-order valence-corrected chi connectivity index (χ1v) is 5.37. The molecule has 0 heterocycles. The third kappa shape index (κ3) is 3.12. The molecule has 1 aromatic carbocycles. The predicted molar refractivity (Wildman–Crippen MR) is 60.7 cm³/mol. The minimum Gasteiger partial charge on any atom is -0.325 e. The first kappa shape index (κ1) is 10.7. The lowest BCUT2D eigenvalue weighted by Gasteiger charge is -2.23. The molecule has 0 fully saturated rings. The van der Waals surface area contributed by atoms with E-state index in [0.717, 1.165) is 17.3 Å². The van der Waals surface area contributed by atoms with Crippen LogP contribution in [0.15, 0.2) is 28.7 Å². The fraction of sp³-hybridized carbons (Fsp3) is 0.455. The Kier molecular flexibility index (Phi) is 3.51. The highest BCUT2D eigenvalue weighted by atomic mass is 79.9. The molecule has 0 aliphatic carbocycles. The van der Waals surface area contributed by atoms with Crippen LogP contribution in [0.3, 0.4) is 0 Å². The summed E-state index contributed by atoms with van der Waals surface area (Å²) >= 11 is 3.52. The molecule has 0 saturated carbocycles. The molecule has 0 aliphatic heterocycles. The van der Waals surface area contributed by atoms with Crippen molar-refractivity contribution < 1.29 is 0 Å². The minimum absolute atomic E-state index is 0.0934. The average Bonchev–Trinajstić information content (AvgIpc) is 2.09. The average molecular weight is 242 g/mol. The summed E-state index contributed by atoms with van der Waals surface area (Å²) in [6.07, 6.45) is 1.92. The van der Waals surface area contributed by atoms with Crippen molar-refractivity contribution in [2.24, 2.45) is 5.73 Å². The van der Waals surface area contributed by atoms with E-state index in [9.17, 15) is 0 Å². The molecule has 1 aromatic rings. The second-order valence-electron chi connectivity index (χ2n) is 3.78. The van der Waals surface area contributed by atoms with Gasteiger partial charge in [-0.2, -0.15) is 0 Å². The van der Waals surface area contributed by atoms with Gasteiger partial charge in [-0.15, -0.1) is 0 Å². The largest absolute Gasteiger partial charge is 0.325 e. The zero-order valence-electron chi connectivity index (χ0n) is 8.18. The van der Waals surface area contributed by atoms with Crippen LogP contribution in [0.5, 0.6) is 0 Å². The van der Waals surface area contributed by atoms with Crippen LogP contribution in [0.25, 0.3) is 0 Å². The van der Waals surface area contributed by atoms with E-state index >= 15 is 0 Å². The van der Waals surface area contributed by atoms with Crippen LogP contribution in [0.1, 0.15) is 25.8 Å². The Bertz CT molecular complexity index is 281. The number of benzene rings is 1. The van der Waals surface area contributed by atoms with Crippen molar-refractivity contribution in [3.8, 4) is 0 Å². The molecule has 0 aliphatic rings. The van der Waals surface area contributed by atoms with Crippen LogP contribution in [0, 0.1) is 0 Å². The highest BCUT2D eigenvalue weighted by molar-refractivity contribution is 9.10. The lowest BCUT2D eigenvalue weighted by Crippen LogP contribution is -2.37. The normalized spacial score (nSPS) is 15.4. The fourth-order valence-electron chi connectivity index (χ4n) is 1.20. The van der Waals surface area contributed by atoms with Gasteiger partial charge in [0.1, 0.15) is 0 Å². The van der Waals surface area contributed by atoms with Gasteiger partial charge < -0.3 is 5.73 Å². The Morgan fingerprint density at radius 2 is 2.00 bits per heavy atom. The van der Waals surface area contributed by atoms with E-state index in [2.05, 4.69) is 41.9 Å². The van der Waals surface area contributed by atoms with Gasteiger partial charge in [0.05, 0.1) is 0 Å². The Morgan fingerprint density at radius 3 is 2.54 bits per heavy atom. The SMILES string of the molecule is CCC(C)(N)Cc1ccccc1Br. The topological polar surface area (TPSA) is 26.0 Å². The van der Waals surface area contributed by atoms with Crippen molar-refractivity contribution in [2.45, 2.75) is 32.2 Å². The molecule has 0 radical (unpaired) electrons. The van der Waals surface area contributed by atoms with Gasteiger partial charge in [0, 0.05) is 10.0 Å². The van der Waals surface area contributed by atoms with E-state index < -0.39 is 0 Å². The highest BCUT2D eigenvalue weighted by Gasteiger charge is 2.17. The molecular formula is C11H16BrN. The third-order valence-corrected chi connectivity index (χ3v) is 3.13. The van der Waals surface area contributed by atoms with Crippen LogP contribution in [-0.4, -0.2) is 5.54 Å². The summed E-state index contributed by atoms with van der Waals surface area (Å²) < 4.78 is 1.15. The van der Waals surface area contributed by atoms with Crippen LogP contribution < -0.4 is 5.73 Å². The van der Waals surface area contributed by atoms with Crippen LogP contribution in [0.4, 0.5) is 0 Å². The van der Waals surface area contributed by atoms with Gasteiger partial charge >= 0.3 is 0 Å². The molecular weight excluding hydrogens is 226 g/mol. The van der Waals surface area contributed by atoms with E-state index in [4.69, 9.17) is 5.73 Å². The van der Waals surface area contributed by atoms with Crippen LogP contribution >= 0.6 is 15.9 Å². The Morgan fingerprint density at radius 1 is 1.38 bits per heavy atom. The first-order valence-electron chi connectivity index (χ1n) is 4.57. The zero-order chi connectivity index (χ0) is 9.90. The Balaban J connectivity index is 2.80. The summed E-state index contributed by atoms with van der Waals surface area (Å²) in [5.74, 6) is 0. The molecule has 1 rings (SSSR count). The lowest BCUT2D eigenvalue weighted by molar-refractivity contribution is 0.449. The van der Waals surface area contributed by atoms with Crippen molar-refractivity contribution in [1.29, 1.82) is 0 Å². The molecule has 0 bridgehead atoms. The summed E-state index contributed by atoms with van der Waals surface area (Å²) in [6, 6.07) is 8.24. The smallest absolute Gasteiger partial charge is 0.0207 e. The van der Waals surface area contributed by atoms with E-state index in [0.29, 0.717) is 0 Å². The standard InChI is InChI=1S/C11H16BrN/c1-3-11(2,13)8-9-6-4-5-7-10(9)12/h4-7H,3,8,13H2,1-2H3.